The Hall–Kier alpha value is -2.08. The van der Waals surface area contributed by atoms with Gasteiger partial charge < -0.3 is 15.0 Å². The first-order valence-electron chi connectivity index (χ1n) is 9.23. The average molecular weight is 361 g/mol. The highest BCUT2D eigenvalue weighted by Gasteiger charge is 2.36. The molecule has 0 radical (unpaired) electrons. The Morgan fingerprint density at radius 3 is 2.35 bits per heavy atom. The minimum atomic E-state index is -0.553. The van der Waals surface area contributed by atoms with E-state index in [4.69, 9.17) is 4.74 Å². The summed E-state index contributed by atoms with van der Waals surface area (Å²) in [5.74, 6) is 0.174. The second-order valence-electron chi connectivity index (χ2n) is 7.65. The van der Waals surface area contributed by atoms with E-state index in [9.17, 15) is 9.59 Å². The van der Waals surface area contributed by atoms with Gasteiger partial charge in [-0.15, -0.1) is 0 Å². The SMILES string of the molecule is COC(=O)c1ccccc1N1CCN(C(C)(C)C(=O)NCC(C)C)CC1. The van der Waals surface area contributed by atoms with Crippen molar-refractivity contribution in [3.8, 4) is 0 Å². The molecule has 1 aliphatic rings. The maximum absolute atomic E-state index is 12.6. The smallest absolute Gasteiger partial charge is 0.339 e. The molecule has 1 aromatic carbocycles. The predicted molar refractivity (Wildman–Crippen MR) is 103 cm³/mol. The van der Waals surface area contributed by atoms with Gasteiger partial charge in [-0.05, 0) is 31.9 Å². The summed E-state index contributed by atoms with van der Waals surface area (Å²) in [5.41, 5.74) is 0.918. The molecule has 1 aliphatic heterocycles. The van der Waals surface area contributed by atoms with Crippen LogP contribution in [0, 0.1) is 5.92 Å². The number of esters is 1. The molecule has 144 valence electrons. The molecule has 1 heterocycles. The zero-order valence-corrected chi connectivity index (χ0v) is 16.5. The molecule has 2 rings (SSSR count). The van der Waals surface area contributed by atoms with E-state index >= 15 is 0 Å². The molecule has 6 nitrogen and oxygen atoms in total. The molecule has 0 aliphatic carbocycles. The van der Waals surface area contributed by atoms with E-state index in [1.165, 1.54) is 7.11 Å². The standard InChI is InChI=1S/C20H31N3O3/c1-15(2)14-21-19(25)20(3,4)23-12-10-22(11-13-23)17-9-7-6-8-16(17)18(24)26-5/h6-9,15H,10-14H2,1-5H3,(H,21,25). The Bertz CT molecular complexity index is 635. The lowest BCUT2D eigenvalue weighted by Crippen LogP contribution is -2.61. The average Bonchev–Trinajstić information content (AvgIpc) is 2.65. The Morgan fingerprint density at radius 2 is 1.77 bits per heavy atom. The van der Waals surface area contributed by atoms with Crippen molar-refractivity contribution in [3.05, 3.63) is 29.8 Å². The van der Waals surface area contributed by atoms with Gasteiger partial charge in [-0.1, -0.05) is 26.0 Å². The highest BCUT2D eigenvalue weighted by molar-refractivity contribution is 5.95. The summed E-state index contributed by atoms with van der Waals surface area (Å²) in [4.78, 5) is 29.0. The number of nitrogens with zero attached hydrogens (tertiary/aromatic N) is 2. The zero-order valence-electron chi connectivity index (χ0n) is 16.5. The van der Waals surface area contributed by atoms with Crippen LogP contribution in [0.15, 0.2) is 24.3 Å². The molecule has 0 spiro atoms. The van der Waals surface area contributed by atoms with Crippen LogP contribution in [0.1, 0.15) is 38.1 Å². The van der Waals surface area contributed by atoms with Crippen molar-refractivity contribution in [3.63, 3.8) is 0 Å². The first-order valence-corrected chi connectivity index (χ1v) is 9.23. The Balaban J connectivity index is 2.03. The minimum Gasteiger partial charge on any atom is -0.465 e. The summed E-state index contributed by atoms with van der Waals surface area (Å²) in [5, 5.41) is 3.04. The van der Waals surface area contributed by atoms with Crippen LogP contribution in [-0.4, -0.2) is 62.1 Å². The Labute approximate surface area is 156 Å². The van der Waals surface area contributed by atoms with E-state index in [1.807, 2.05) is 32.0 Å². The maximum atomic E-state index is 12.6. The number of hydrogen-bond acceptors (Lipinski definition) is 5. The fraction of sp³-hybridized carbons (Fsp3) is 0.600. The molecule has 1 amide bonds. The van der Waals surface area contributed by atoms with Gasteiger partial charge in [0.15, 0.2) is 0 Å². The number of nitrogens with one attached hydrogen (secondary N) is 1. The van der Waals surface area contributed by atoms with Crippen LogP contribution in [-0.2, 0) is 9.53 Å². The van der Waals surface area contributed by atoms with Crippen molar-refractivity contribution in [1.82, 2.24) is 10.2 Å². The van der Waals surface area contributed by atoms with E-state index in [1.54, 1.807) is 6.07 Å². The lowest BCUT2D eigenvalue weighted by atomic mass is 9.99. The third-order valence-electron chi connectivity index (χ3n) is 4.95. The van der Waals surface area contributed by atoms with E-state index in [0.29, 0.717) is 18.0 Å². The number of carbonyl (C=O) groups excluding carboxylic acids is 2. The number of benzene rings is 1. The molecular weight excluding hydrogens is 330 g/mol. The fourth-order valence-electron chi connectivity index (χ4n) is 3.20. The van der Waals surface area contributed by atoms with Gasteiger partial charge in [0.2, 0.25) is 5.91 Å². The maximum Gasteiger partial charge on any atom is 0.339 e. The van der Waals surface area contributed by atoms with Crippen LogP contribution in [0.2, 0.25) is 0 Å². The number of carbonyl (C=O) groups is 2. The Kier molecular flexibility index (Phi) is 6.64. The lowest BCUT2D eigenvalue weighted by Gasteiger charge is -2.44. The molecule has 6 heteroatoms. The first-order chi connectivity index (χ1) is 12.3. The molecule has 0 unspecified atom stereocenters. The summed E-state index contributed by atoms with van der Waals surface area (Å²) in [6.07, 6.45) is 0. The topological polar surface area (TPSA) is 61.9 Å². The molecule has 0 atom stereocenters. The van der Waals surface area contributed by atoms with Gasteiger partial charge in [0.05, 0.1) is 23.9 Å². The third kappa shape index (κ3) is 4.55. The van der Waals surface area contributed by atoms with Crippen molar-refractivity contribution in [2.75, 3.05) is 44.7 Å². The van der Waals surface area contributed by atoms with Gasteiger partial charge in [0.1, 0.15) is 0 Å². The molecule has 1 saturated heterocycles. The molecule has 1 fully saturated rings. The van der Waals surface area contributed by atoms with Gasteiger partial charge in [0.25, 0.3) is 0 Å². The molecule has 0 bridgehead atoms. The van der Waals surface area contributed by atoms with Gasteiger partial charge in [-0.2, -0.15) is 0 Å². The van der Waals surface area contributed by atoms with Crippen molar-refractivity contribution >= 4 is 17.6 Å². The van der Waals surface area contributed by atoms with Crippen LogP contribution >= 0.6 is 0 Å². The van der Waals surface area contributed by atoms with Crippen molar-refractivity contribution in [1.29, 1.82) is 0 Å². The zero-order chi connectivity index (χ0) is 19.3. The highest BCUT2D eigenvalue weighted by atomic mass is 16.5. The van der Waals surface area contributed by atoms with E-state index in [-0.39, 0.29) is 11.9 Å². The van der Waals surface area contributed by atoms with Crippen molar-refractivity contribution in [2.24, 2.45) is 5.92 Å². The van der Waals surface area contributed by atoms with Gasteiger partial charge in [-0.25, -0.2) is 4.79 Å². The first kappa shape index (κ1) is 20.2. The third-order valence-corrected chi connectivity index (χ3v) is 4.95. The number of amides is 1. The molecule has 1 N–H and O–H groups in total. The van der Waals surface area contributed by atoms with Crippen molar-refractivity contribution < 1.29 is 14.3 Å². The molecular formula is C20H31N3O3. The van der Waals surface area contributed by atoms with E-state index in [0.717, 1.165) is 31.9 Å². The second-order valence-corrected chi connectivity index (χ2v) is 7.65. The van der Waals surface area contributed by atoms with Crippen LogP contribution in [0.4, 0.5) is 5.69 Å². The monoisotopic (exact) mass is 361 g/mol. The van der Waals surface area contributed by atoms with Gasteiger partial charge in [-0.3, -0.25) is 9.69 Å². The number of piperazine rings is 1. The molecule has 26 heavy (non-hydrogen) atoms. The summed E-state index contributed by atoms with van der Waals surface area (Å²) in [6.45, 7) is 11.9. The number of ether oxygens (including phenoxy) is 1. The molecule has 0 aromatic heterocycles. The van der Waals surface area contributed by atoms with E-state index < -0.39 is 5.54 Å². The second kappa shape index (κ2) is 8.54. The number of para-hydroxylation sites is 1. The quantitative estimate of drug-likeness (QED) is 0.787. The highest BCUT2D eigenvalue weighted by Crippen LogP contribution is 2.25. The summed E-state index contributed by atoms with van der Waals surface area (Å²) < 4.78 is 4.89. The van der Waals surface area contributed by atoms with Crippen LogP contribution in [0.5, 0.6) is 0 Å². The van der Waals surface area contributed by atoms with Gasteiger partial charge >= 0.3 is 5.97 Å². The number of hydrogen-bond donors (Lipinski definition) is 1. The number of methoxy groups -OCH3 is 1. The predicted octanol–water partition coefficient (Wildman–Crippen LogP) is 2.15. The Morgan fingerprint density at radius 1 is 1.15 bits per heavy atom. The molecule has 1 aromatic rings. The van der Waals surface area contributed by atoms with Crippen LogP contribution in [0.25, 0.3) is 0 Å². The number of anilines is 1. The van der Waals surface area contributed by atoms with Crippen LogP contribution < -0.4 is 10.2 Å². The molecule has 0 saturated carbocycles. The number of rotatable bonds is 6. The lowest BCUT2D eigenvalue weighted by molar-refractivity contribution is -0.132. The summed E-state index contributed by atoms with van der Waals surface area (Å²) in [7, 11) is 1.40. The fourth-order valence-corrected chi connectivity index (χ4v) is 3.20. The minimum absolute atomic E-state index is 0.0645. The largest absolute Gasteiger partial charge is 0.465 e. The van der Waals surface area contributed by atoms with E-state index in [2.05, 4.69) is 29.0 Å². The normalized spacial score (nSPS) is 15.8. The van der Waals surface area contributed by atoms with Crippen LogP contribution in [0.3, 0.4) is 0 Å². The summed E-state index contributed by atoms with van der Waals surface area (Å²) in [6, 6.07) is 7.50. The van der Waals surface area contributed by atoms with Crippen molar-refractivity contribution in [2.45, 2.75) is 33.2 Å². The van der Waals surface area contributed by atoms with Gasteiger partial charge in [0, 0.05) is 32.7 Å². The summed E-state index contributed by atoms with van der Waals surface area (Å²) >= 11 is 0.